The number of hydrogen-bond donors (Lipinski definition) is 2. The number of hydrogen-bond acceptors (Lipinski definition) is 8. The van der Waals surface area contributed by atoms with E-state index in [1.54, 1.807) is 40.0 Å². The molecule has 2 fully saturated rings. The number of methoxy groups -OCH3 is 1. The summed E-state index contributed by atoms with van der Waals surface area (Å²) in [7, 11) is 1.57. The lowest BCUT2D eigenvalue weighted by molar-refractivity contribution is -0.134. The lowest BCUT2D eigenvalue weighted by Crippen LogP contribution is -2.49. The van der Waals surface area contributed by atoms with Crippen molar-refractivity contribution in [3.63, 3.8) is 0 Å². The summed E-state index contributed by atoms with van der Waals surface area (Å²) in [5, 5.41) is 9.32. The third-order valence-corrected chi connectivity index (χ3v) is 7.92. The van der Waals surface area contributed by atoms with E-state index in [1.807, 2.05) is 12.1 Å². The van der Waals surface area contributed by atoms with Crippen molar-refractivity contribution in [1.82, 2.24) is 15.8 Å². The molecule has 4 rings (SSSR count). The van der Waals surface area contributed by atoms with Gasteiger partial charge in [-0.25, -0.2) is 0 Å². The number of ketones is 2. The molecule has 10 nitrogen and oxygen atoms in total. The van der Waals surface area contributed by atoms with Gasteiger partial charge in [-0.15, -0.1) is 0 Å². The molecule has 0 bridgehead atoms. The summed E-state index contributed by atoms with van der Waals surface area (Å²) < 4.78 is 15.6. The van der Waals surface area contributed by atoms with Crippen molar-refractivity contribution in [2.75, 3.05) is 13.7 Å². The van der Waals surface area contributed by atoms with Crippen LogP contribution in [0.15, 0.2) is 34.9 Å². The Labute approximate surface area is 234 Å². The van der Waals surface area contributed by atoms with Gasteiger partial charge in [-0.1, -0.05) is 43.0 Å². The van der Waals surface area contributed by atoms with Gasteiger partial charge in [0.15, 0.2) is 11.6 Å². The summed E-state index contributed by atoms with van der Waals surface area (Å²) in [6, 6.07) is 7.24. The van der Waals surface area contributed by atoms with E-state index in [4.69, 9.17) is 14.0 Å². The highest BCUT2D eigenvalue weighted by atomic mass is 16.6. The monoisotopic (exact) mass is 553 g/mol. The fourth-order valence-electron chi connectivity index (χ4n) is 5.26. The number of carbonyl (C=O) groups is 4. The third-order valence-electron chi connectivity index (χ3n) is 7.92. The van der Waals surface area contributed by atoms with Crippen LogP contribution >= 0.6 is 0 Å². The predicted molar refractivity (Wildman–Crippen MR) is 146 cm³/mol. The average molecular weight is 554 g/mol. The summed E-state index contributed by atoms with van der Waals surface area (Å²) in [5.74, 6) is -1.05. The van der Waals surface area contributed by atoms with Gasteiger partial charge in [-0.05, 0) is 57.2 Å². The van der Waals surface area contributed by atoms with Gasteiger partial charge in [-0.2, -0.15) is 0 Å². The molecule has 1 aliphatic carbocycles. The Hall–Kier alpha value is -3.53. The maximum Gasteiger partial charge on any atom is 0.290 e. The zero-order chi connectivity index (χ0) is 28.9. The van der Waals surface area contributed by atoms with Crippen LogP contribution in [0.3, 0.4) is 0 Å². The molecule has 1 aliphatic heterocycles. The zero-order valence-corrected chi connectivity index (χ0v) is 23.7. The molecular formula is C30H39N3O7. The van der Waals surface area contributed by atoms with E-state index in [1.165, 1.54) is 6.07 Å². The lowest BCUT2D eigenvalue weighted by Gasteiger charge is -2.26. The third kappa shape index (κ3) is 7.56. The van der Waals surface area contributed by atoms with Crippen molar-refractivity contribution in [2.45, 2.75) is 83.4 Å². The molecule has 2 aliphatic rings. The van der Waals surface area contributed by atoms with E-state index >= 15 is 0 Å². The number of benzene rings is 1. The van der Waals surface area contributed by atoms with Gasteiger partial charge in [-0.3, -0.25) is 19.2 Å². The first kappa shape index (κ1) is 29.5. The average Bonchev–Trinajstić information content (AvgIpc) is 3.28. The minimum atomic E-state index is -0.865. The number of nitrogens with one attached hydrogen (secondary N) is 2. The lowest BCUT2D eigenvalue weighted by atomic mass is 9.88. The molecule has 2 heterocycles. The Morgan fingerprint density at radius 2 is 1.80 bits per heavy atom. The molecule has 0 spiro atoms. The van der Waals surface area contributed by atoms with Gasteiger partial charge in [0.1, 0.15) is 11.4 Å². The van der Waals surface area contributed by atoms with Crippen molar-refractivity contribution in [1.29, 1.82) is 0 Å². The molecule has 216 valence electrons. The van der Waals surface area contributed by atoms with E-state index in [2.05, 4.69) is 15.8 Å². The minimum Gasteiger partial charge on any atom is -0.497 e. The Morgan fingerprint density at radius 1 is 1.12 bits per heavy atom. The molecule has 10 heteroatoms. The maximum absolute atomic E-state index is 13.7. The van der Waals surface area contributed by atoms with Gasteiger partial charge in [0.25, 0.3) is 5.91 Å². The molecular weight excluding hydrogens is 514 g/mol. The van der Waals surface area contributed by atoms with Crippen LogP contribution in [0.4, 0.5) is 0 Å². The van der Waals surface area contributed by atoms with E-state index in [0.29, 0.717) is 30.4 Å². The molecule has 1 saturated carbocycles. The van der Waals surface area contributed by atoms with Gasteiger partial charge in [0.05, 0.1) is 31.5 Å². The van der Waals surface area contributed by atoms with Crippen LogP contribution < -0.4 is 15.4 Å². The molecule has 0 radical (unpaired) electrons. The van der Waals surface area contributed by atoms with Crippen molar-refractivity contribution in [3.05, 3.63) is 47.3 Å². The number of nitrogens with zero attached hydrogens (tertiary/aromatic N) is 1. The summed E-state index contributed by atoms with van der Waals surface area (Å²) >= 11 is 0. The fourth-order valence-corrected chi connectivity index (χ4v) is 5.26. The molecule has 40 heavy (non-hydrogen) atoms. The van der Waals surface area contributed by atoms with Gasteiger partial charge in [0.2, 0.25) is 11.7 Å². The minimum absolute atomic E-state index is 0.00809. The van der Waals surface area contributed by atoms with Gasteiger partial charge < -0.3 is 24.6 Å². The number of amides is 2. The van der Waals surface area contributed by atoms with E-state index in [-0.39, 0.29) is 36.1 Å². The SMILES string of the molecule is COc1ccc(C[C@H](CC(=O)[C@@H](C)NC(=O)c2cc(C)no2)C(=O)N[C@@H](CC2CCCC2)C(=O)[C@@]2(C)CO2)cc1. The number of ether oxygens (including phenoxy) is 2. The summed E-state index contributed by atoms with van der Waals surface area (Å²) in [6.45, 7) is 5.36. The normalized spacial score (nSPS) is 20.8. The highest BCUT2D eigenvalue weighted by molar-refractivity contribution is 5.99. The Balaban J connectivity index is 1.48. The molecule has 2 N–H and O–H groups in total. The van der Waals surface area contributed by atoms with Crippen LogP contribution in [0.5, 0.6) is 5.75 Å². The highest BCUT2D eigenvalue weighted by Gasteiger charge is 2.50. The number of aromatic nitrogens is 1. The van der Waals surface area contributed by atoms with Crippen molar-refractivity contribution in [2.24, 2.45) is 11.8 Å². The van der Waals surface area contributed by atoms with Crippen LogP contribution in [-0.4, -0.2) is 59.9 Å². The molecule has 2 amide bonds. The van der Waals surface area contributed by atoms with Crippen LogP contribution in [-0.2, 0) is 25.5 Å². The zero-order valence-electron chi connectivity index (χ0n) is 23.7. The topological polar surface area (TPSA) is 140 Å². The largest absolute Gasteiger partial charge is 0.497 e. The first-order valence-corrected chi connectivity index (χ1v) is 14.0. The van der Waals surface area contributed by atoms with Crippen LogP contribution in [0.25, 0.3) is 0 Å². The Morgan fingerprint density at radius 3 is 2.38 bits per heavy atom. The quantitative estimate of drug-likeness (QED) is 0.340. The molecule has 1 aromatic heterocycles. The fraction of sp³-hybridized carbons (Fsp3) is 0.567. The highest BCUT2D eigenvalue weighted by Crippen LogP contribution is 2.34. The predicted octanol–water partition coefficient (Wildman–Crippen LogP) is 3.35. The van der Waals surface area contributed by atoms with E-state index in [0.717, 1.165) is 31.2 Å². The van der Waals surface area contributed by atoms with Crippen molar-refractivity contribution >= 4 is 23.4 Å². The van der Waals surface area contributed by atoms with Crippen LogP contribution in [0.2, 0.25) is 0 Å². The van der Waals surface area contributed by atoms with Crippen molar-refractivity contribution < 1.29 is 33.2 Å². The molecule has 1 saturated heterocycles. The smallest absolute Gasteiger partial charge is 0.290 e. The molecule has 1 aromatic carbocycles. The van der Waals surface area contributed by atoms with E-state index < -0.39 is 29.5 Å². The second kappa shape index (κ2) is 12.8. The van der Waals surface area contributed by atoms with Gasteiger partial charge in [0, 0.05) is 18.4 Å². The number of carbonyl (C=O) groups excluding carboxylic acids is 4. The van der Waals surface area contributed by atoms with Crippen molar-refractivity contribution in [3.8, 4) is 5.75 Å². The first-order valence-electron chi connectivity index (χ1n) is 14.0. The summed E-state index contributed by atoms with van der Waals surface area (Å²) in [6.07, 6.45) is 5.04. The van der Waals surface area contributed by atoms with Crippen LogP contribution in [0, 0.1) is 18.8 Å². The van der Waals surface area contributed by atoms with Gasteiger partial charge >= 0.3 is 0 Å². The van der Waals surface area contributed by atoms with Crippen LogP contribution in [0.1, 0.15) is 74.2 Å². The summed E-state index contributed by atoms with van der Waals surface area (Å²) in [5.41, 5.74) is 0.529. The second-order valence-corrected chi connectivity index (χ2v) is 11.3. The Kier molecular flexibility index (Phi) is 9.40. The number of aryl methyl sites for hydroxylation is 1. The standard InChI is InChI=1S/C30H39N3O7/c1-18-13-26(40-33-18)29(37)31-19(2)25(34)16-22(14-21-9-11-23(38-4)12-10-21)28(36)32-24(15-20-7-5-6-8-20)27(35)30(3)17-39-30/h9-13,19-20,22,24H,5-8,14-17H2,1-4H3,(H,31,37)(H,32,36)/t19-,22-,24+,30-/m1/s1. The maximum atomic E-state index is 13.7. The first-order chi connectivity index (χ1) is 19.1. The molecule has 4 atom stereocenters. The number of epoxide rings is 1. The number of rotatable bonds is 14. The Bertz CT molecular complexity index is 1210. The molecule has 0 unspecified atom stereocenters. The summed E-state index contributed by atoms with van der Waals surface area (Å²) in [4.78, 5) is 52.8. The number of Topliss-reactive ketones (excluding diaryl/α,β-unsaturated/α-hetero) is 2. The molecule has 2 aromatic rings. The second-order valence-electron chi connectivity index (χ2n) is 11.3. The van der Waals surface area contributed by atoms with E-state index in [9.17, 15) is 19.2 Å².